The van der Waals surface area contributed by atoms with Crippen LogP contribution in [0.4, 0.5) is 4.79 Å². The Balaban J connectivity index is 1.91. The lowest BCUT2D eigenvalue weighted by Crippen LogP contribution is -2.33. The van der Waals surface area contributed by atoms with Crippen molar-refractivity contribution in [2.75, 3.05) is 6.54 Å². The second-order valence-electron chi connectivity index (χ2n) is 5.77. The highest BCUT2D eigenvalue weighted by Gasteiger charge is 2.15. The second-order valence-corrected chi connectivity index (χ2v) is 5.77. The summed E-state index contributed by atoms with van der Waals surface area (Å²) in [6.45, 7) is 6.04. The fourth-order valence-corrected chi connectivity index (χ4v) is 1.94. The smallest absolute Gasteiger partial charge is 0.407 e. The maximum Gasteiger partial charge on any atom is 0.407 e. The Labute approximate surface area is 125 Å². The van der Waals surface area contributed by atoms with Gasteiger partial charge in [-0.3, -0.25) is 0 Å². The maximum absolute atomic E-state index is 11.6. The topological polar surface area (TPSA) is 56.1 Å². The number of aromatic nitrogens is 2. The van der Waals surface area contributed by atoms with Crippen molar-refractivity contribution in [3.63, 3.8) is 0 Å². The van der Waals surface area contributed by atoms with Crippen LogP contribution in [-0.2, 0) is 11.2 Å². The highest BCUT2D eigenvalue weighted by atomic mass is 16.6. The zero-order valence-corrected chi connectivity index (χ0v) is 12.7. The Bertz CT molecular complexity index is 585. The third kappa shape index (κ3) is 4.63. The van der Waals surface area contributed by atoms with Gasteiger partial charge in [0.05, 0.1) is 6.33 Å². The number of benzene rings is 1. The number of ether oxygens (including phenoxy) is 1. The molecule has 2 rings (SSSR count). The number of para-hydroxylation sites is 1. The fraction of sp³-hybridized carbons (Fsp3) is 0.375. The first-order chi connectivity index (χ1) is 9.96. The Morgan fingerprint density at radius 2 is 2.00 bits per heavy atom. The van der Waals surface area contributed by atoms with Crippen LogP contribution in [0.15, 0.2) is 42.9 Å². The van der Waals surface area contributed by atoms with Gasteiger partial charge in [-0.2, -0.15) is 0 Å². The number of imidazole rings is 1. The number of nitrogens with zero attached hydrogens (tertiary/aromatic N) is 2. The van der Waals surface area contributed by atoms with E-state index in [2.05, 4.69) is 10.3 Å². The van der Waals surface area contributed by atoms with Crippen LogP contribution in [0.3, 0.4) is 0 Å². The van der Waals surface area contributed by atoms with Gasteiger partial charge in [0, 0.05) is 30.5 Å². The molecule has 21 heavy (non-hydrogen) atoms. The molecule has 0 unspecified atom stereocenters. The van der Waals surface area contributed by atoms with Crippen molar-refractivity contribution in [3.05, 3.63) is 48.5 Å². The third-order valence-electron chi connectivity index (χ3n) is 2.80. The standard InChI is InChI=1S/C16H21N3O2/c1-16(2,3)21-15(20)18-10-9-14-11-17-12-19(14)13-7-5-4-6-8-13/h4-8,11-12H,9-10H2,1-3H3,(H,18,20). The van der Waals surface area contributed by atoms with Gasteiger partial charge in [-0.05, 0) is 32.9 Å². The zero-order chi connectivity index (χ0) is 15.3. The van der Waals surface area contributed by atoms with Crippen molar-refractivity contribution in [2.24, 2.45) is 0 Å². The summed E-state index contributed by atoms with van der Waals surface area (Å²) in [6, 6.07) is 9.99. The van der Waals surface area contributed by atoms with Gasteiger partial charge >= 0.3 is 6.09 Å². The van der Waals surface area contributed by atoms with Crippen LogP contribution in [0.2, 0.25) is 0 Å². The van der Waals surface area contributed by atoms with Crippen LogP contribution in [0, 0.1) is 0 Å². The van der Waals surface area contributed by atoms with Crippen LogP contribution in [0.25, 0.3) is 5.69 Å². The van der Waals surface area contributed by atoms with Gasteiger partial charge < -0.3 is 14.6 Å². The molecule has 0 radical (unpaired) electrons. The molecule has 0 aliphatic carbocycles. The van der Waals surface area contributed by atoms with Crippen molar-refractivity contribution in [2.45, 2.75) is 32.8 Å². The molecule has 0 saturated carbocycles. The largest absolute Gasteiger partial charge is 0.444 e. The molecule has 0 fully saturated rings. The molecular weight excluding hydrogens is 266 g/mol. The van der Waals surface area contributed by atoms with E-state index in [1.165, 1.54) is 0 Å². The van der Waals surface area contributed by atoms with Crippen molar-refractivity contribution in [1.82, 2.24) is 14.9 Å². The molecule has 0 aliphatic heterocycles. The number of nitrogens with one attached hydrogen (secondary N) is 1. The van der Waals surface area contributed by atoms with Gasteiger partial charge in [0.15, 0.2) is 0 Å². The van der Waals surface area contributed by atoms with E-state index in [1.807, 2.05) is 61.9 Å². The van der Waals surface area contributed by atoms with E-state index in [0.717, 1.165) is 11.4 Å². The van der Waals surface area contributed by atoms with Crippen LogP contribution in [-0.4, -0.2) is 27.8 Å². The summed E-state index contributed by atoms with van der Waals surface area (Å²) in [4.78, 5) is 15.8. The van der Waals surface area contributed by atoms with E-state index >= 15 is 0 Å². The first-order valence-electron chi connectivity index (χ1n) is 6.99. The van der Waals surface area contributed by atoms with Crippen molar-refractivity contribution < 1.29 is 9.53 Å². The average molecular weight is 287 g/mol. The molecule has 0 atom stereocenters. The van der Waals surface area contributed by atoms with Gasteiger partial charge in [-0.25, -0.2) is 9.78 Å². The lowest BCUT2D eigenvalue weighted by Gasteiger charge is -2.19. The average Bonchev–Trinajstić information content (AvgIpc) is 2.86. The molecule has 2 aromatic rings. The first-order valence-corrected chi connectivity index (χ1v) is 6.99. The molecule has 5 nitrogen and oxygen atoms in total. The van der Waals surface area contributed by atoms with Crippen LogP contribution in [0.5, 0.6) is 0 Å². The van der Waals surface area contributed by atoms with E-state index in [4.69, 9.17) is 4.74 Å². The number of hydrogen-bond acceptors (Lipinski definition) is 3. The molecule has 1 amide bonds. The normalized spacial score (nSPS) is 11.2. The first kappa shape index (κ1) is 15.1. The second kappa shape index (κ2) is 6.43. The van der Waals surface area contributed by atoms with Crippen LogP contribution < -0.4 is 5.32 Å². The van der Waals surface area contributed by atoms with Gasteiger partial charge in [0.2, 0.25) is 0 Å². The molecule has 1 heterocycles. The predicted molar refractivity (Wildman–Crippen MR) is 81.5 cm³/mol. The quantitative estimate of drug-likeness (QED) is 0.940. The molecule has 1 N–H and O–H groups in total. The van der Waals surface area contributed by atoms with E-state index in [-0.39, 0.29) is 0 Å². The van der Waals surface area contributed by atoms with Crippen molar-refractivity contribution in [3.8, 4) is 5.69 Å². The molecule has 0 bridgehead atoms. The van der Waals surface area contributed by atoms with Gasteiger partial charge in [0.25, 0.3) is 0 Å². The van der Waals surface area contributed by atoms with Gasteiger partial charge in [-0.1, -0.05) is 18.2 Å². The minimum absolute atomic E-state index is 0.395. The Kier molecular flexibility index (Phi) is 4.62. The summed E-state index contributed by atoms with van der Waals surface area (Å²) in [5, 5.41) is 2.75. The highest BCUT2D eigenvalue weighted by Crippen LogP contribution is 2.11. The number of amides is 1. The van der Waals surface area contributed by atoms with Crippen molar-refractivity contribution >= 4 is 6.09 Å². The summed E-state index contributed by atoms with van der Waals surface area (Å²) in [6.07, 6.45) is 3.88. The Hall–Kier alpha value is -2.30. The molecular formula is C16H21N3O2. The van der Waals surface area contributed by atoms with Gasteiger partial charge in [-0.15, -0.1) is 0 Å². The molecule has 0 aliphatic rings. The summed E-state index contributed by atoms with van der Waals surface area (Å²) in [5.41, 5.74) is 1.62. The molecule has 5 heteroatoms. The molecule has 0 spiro atoms. The number of carbonyl (C=O) groups excluding carboxylic acids is 1. The zero-order valence-electron chi connectivity index (χ0n) is 12.7. The summed E-state index contributed by atoms with van der Waals surface area (Å²) < 4.78 is 7.21. The van der Waals surface area contributed by atoms with E-state index in [9.17, 15) is 4.79 Å². The van der Waals surface area contributed by atoms with Crippen LogP contribution >= 0.6 is 0 Å². The minimum atomic E-state index is -0.476. The Morgan fingerprint density at radius 3 is 2.67 bits per heavy atom. The van der Waals surface area contributed by atoms with Crippen molar-refractivity contribution in [1.29, 1.82) is 0 Å². The lowest BCUT2D eigenvalue weighted by atomic mass is 10.2. The maximum atomic E-state index is 11.6. The van der Waals surface area contributed by atoms with E-state index in [0.29, 0.717) is 13.0 Å². The number of rotatable bonds is 4. The Morgan fingerprint density at radius 1 is 1.29 bits per heavy atom. The lowest BCUT2D eigenvalue weighted by molar-refractivity contribution is 0.0528. The number of hydrogen-bond donors (Lipinski definition) is 1. The van der Waals surface area contributed by atoms with E-state index in [1.54, 1.807) is 6.33 Å². The summed E-state index contributed by atoms with van der Waals surface area (Å²) in [5.74, 6) is 0. The fourth-order valence-electron chi connectivity index (χ4n) is 1.94. The highest BCUT2D eigenvalue weighted by molar-refractivity contribution is 5.67. The minimum Gasteiger partial charge on any atom is -0.444 e. The summed E-state index contributed by atoms with van der Waals surface area (Å²) >= 11 is 0. The predicted octanol–water partition coefficient (Wildman–Crippen LogP) is 2.94. The molecule has 112 valence electrons. The third-order valence-corrected chi connectivity index (χ3v) is 2.80. The number of alkyl carbamates (subject to hydrolysis) is 1. The SMILES string of the molecule is CC(C)(C)OC(=O)NCCc1cncn1-c1ccccc1. The monoisotopic (exact) mass is 287 g/mol. The molecule has 1 aromatic carbocycles. The molecule has 0 saturated heterocycles. The molecule has 1 aromatic heterocycles. The van der Waals surface area contributed by atoms with E-state index < -0.39 is 11.7 Å². The van der Waals surface area contributed by atoms with Crippen LogP contribution in [0.1, 0.15) is 26.5 Å². The van der Waals surface area contributed by atoms with Gasteiger partial charge in [0.1, 0.15) is 5.60 Å². The summed E-state index contributed by atoms with van der Waals surface area (Å²) in [7, 11) is 0. The number of carbonyl (C=O) groups is 1.